The number of aromatic nitrogens is 1. The Morgan fingerprint density at radius 3 is 2.58 bits per heavy atom. The predicted octanol–water partition coefficient (Wildman–Crippen LogP) is 3.73. The number of aryl methyl sites for hydroxylation is 1. The monoisotopic (exact) mass is 369 g/mol. The number of nitrogens with zero attached hydrogens (tertiary/aromatic N) is 1. The number of aromatic amines is 1. The van der Waals surface area contributed by atoms with Gasteiger partial charge in [-0.3, -0.25) is 4.72 Å². The number of sulfonamides is 1. The van der Waals surface area contributed by atoms with E-state index in [9.17, 15) is 12.8 Å². The van der Waals surface area contributed by atoms with E-state index in [-0.39, 0.29) is 16.1 Å². The van der Waals surface area contributed by atoms with Crippen LogP contribution in [-0.4, -0.2) is 13.4 Å². The first-order valence-electron chi connectivity index (χ1n) is 7.84. The van der Waals surface area contributed by atoms with Crippen LogP contribution in [0.15, 0.2) is 59.6 Å². The number of benzene rings is 2. The highest BCUT2D eigenvalue weighted by atomic mass is 32.2. The van der Waals surface area contributed by atoms with Crippen LogP contribution in [0, 0.1) is 24.1 Å². The molecule has 2 aromatic carbocycles. The van der Waals surface area contributed by atoms with Crippen molar-refractivity contribution in [2.45, 2.75) is 18.2 Å². The molecule has 0 spiro atoms. The average molecular weight is 369 g/mol. The molecular weight excluding hydrogens is 353 g/mol. The molecule has 26 heavy (non-hydrogen) atoms. The molecule has 0 unspecified atom stereocenters. The minimum absolute atomic E-state index is 0.0719. The molecule has 5 nitrogen and oxygen atoms in total. The summed E-state index contributed by atoms with van der Waals surface area (Å²) >= 11 is 0. The van der Waals surface area contributed by atoms with Crippen molar-refractivity contribution in [2.24, 2.45) is 0 Å². The molecule has 132 valence electrons. The molecule has 0 aliphatic heterocycles. The van der Waals surface area contributed by atoms with E-state index in [2.05, 4.69) is 9.71 Å². The summed E-state index contributed by atoms with van der Waals surface area (Å²) in [5, 5.41) is 8.78. The number of hydrogen-bond acceptors (Lipinski definition) is 3. The quantitative estimate of drug-likeness (QED) is 0.719. The summed E-state index contributed by atoms with van der Waals surface area (Å²) in [6, 6.07) is 14.9. The summed E-state index contributed by atoms with van der Waals surface area (Å²) in [4.78, 5) is 3.00. The lowest BCUT2D eigenvalue weighted by Crippen LogP contribution is -2.15. The Labute approximate surface area is 151 Å². The summed E-state index contributed by atoms with van der Waals surface area (Å²) < 4.78 is 41.9. The Morgan fingerprint density at radius 1 is 1.19 bits per heavy atom. The predicted molar refractivity (Wildman–Crippen MR) is 96.7 cm³/mol. The van der Waals surface area contributed by atoms with Crippen LogP contribution < -0.4 is 4.72 Å². The van der Waals surface area contributed by atoms with Crippen LogP contribution in [0.5, 0.6) is 0 Å². The maximum atomic E-state index is 14.0. The minimum atomic E-state index is -3.99. The highest BCUT2D eigenvalue weighted by molar-refractivity contribution is 7.92. The number of anilines is 1. The molecule has 2 N–H and O–H groups in total. The van der Waals surface area contributed by atoms with Gasteiger partial charge in [-0.15, -0.1) is 0 Å². The van der Waals surface area contributed by atoms with Gasteiger partial charge in [0.05, 0.1) is 17.3 Å². The van der Waals surface area contributed by atoms with Crippen molar-refractivity contribution in [3.8, 4) is 6.07 Å². The third-order valence-corrected chi connectivity index (χ3v) is 5.46. The van der Waals surface area contributed by atoms with E-state index in [1.807, 2.05) is 36.4 Å². The lowest BCUT2D eigenvalue weighted by molar-refractivity contribution is 0.598. The Kier molecular flexibility index (Phi) is 4.78. The fraction of sp³-hybridized carbons (Fsp3) is 0.105. The highest BCUT2D eigenvalue weighted by Gasteiger charge is 2.23. The number of nitrogens with one attached hydrogen (secondary N) is 2. The summed E-state index contributed by atoms with van der Waals surface area (Å²) in [6.45, 7) is 1.79. The van der Waals surface area contributed by atoms with Crippen molar-refractivity contribution in [1.29, 1.82) is 5.26 Å². The Balaban J connectivity index is 1.95. The maximum absolute atomic E-state index is 14.0. The van der Waals surface area contributed by atoms with Gasteiger partial charge < -0.3 is 4.98 Å². The molecule has 0 saturated heterocycles. The van der Waals surface area contributed by atoms with Gasteiger partial charge in [0.1, 0.15) is 10.7 Å². The molecular formula is C19H16FN3O2S. The van der Waals surface area contributed by atoms with Gasteiger partial charge in [-0.1, -0.05) is 30.3 Å². The number of nitriles is 1. The first-order chi connectivity index (χ1) is 12.4. The summed E-state index contributed by atoms with van der Waals surface area (Å²) in [7, 11) is -3.99. The van der Waals surface area contributed by atoms with Gasteiger partial charge in [-0.05, 0) is 36.2 Å². The average Bonchev–Trinajstić information content (AvgIpc) is 2.99. The third-order valence-electron chi connectivity index (χ3n) is 4.03. The van der Waals surface area contributed by atoms with Gasteiger partial charge in [0.2, 0.25) is 0 Å². The second-order valence-corrected chi connectivity index (χ2v) is 7.48. The van der Waals surface area contributed by atoms with E-state index in [1.165, 1.54) is 18.3 Å². The van der Waals surface area contributed by atoms with E-state index in [0.29, 0.717) is 12.0 Å². The zero-order valence-electron chi connectivity index (χ0n) is 14.0. The molecule has 0 amide bonds. The van der Waals surface area contributed by atoms with Crippen LogP contribution in [0.3, 0.4) is 0 Å². The zero-order chi connectivity index (χ0) is 18.7. The molecule has 1 heterocycles. The molecule has 0 aliphatic rings. The first-order valence-corrected chi connectivity index (χ1v) is 9.32. The molecule has 1 aromatic heterocycles. The minimum Gasteiger partial charge on any atom is -0.364 e. The number of halogens is 1. The lowest BCUT2D eigenvalue weighted by atomic mass is 10.1. The molecule has 0 aliphatic carbocycles. The first kappa shape index (κ1) is 17.7. The number of H-pyrrole nitrogens is 1. The zero-order valence-corrected chi connectivity index (χ0v) is 14.8. The topological polar surface area (TPSA) is 85.8 Å². The lowest BCUT2D eigenvalue weighted by Gasteiger charge is -2.11. The third kappa shape index (κ3) is 3.60. The van der Waals surface area contributed by atoms with Gasteiger partial charge in [0.25, 0.3) is 10.0 Å². The molecule has 3 rings (SSSR count). The smallest absolute Gasteiger partial charge is 0.263 e. The van der Waals surface area contributed by atoms with E-state index in [4.69, 9.17) is 5.26 Å². The van der Waals surface area contributed by atoms with Crippen LogP contribution in [0.25, 0.3) is 0 Å². The molecule has 0 saturated carbocycles. The fourth-order valence-electron chi connectivity index (χ4n) is 2.66. The van der Waals surface area contributed by atoms with Crippen molar-refractivity contribution >= 4 is 15.7 Å². The van der Waals surface area contributed by atoms with Crippen molar-refractivity contribution in [3.63, 3.8) is 0 Å². The Hall–Kier alpha value is -3.11. The van der Waals surface area contributed by atoms with E-state index < -0.39 is 15.8 Å². The Bertz CT molecular complexity index is 1080. The molecule has 0 bridgehead atoms. The molecule has 0 fully saturated rings. The second-order valence-electron chi connectivity index (χ2n) is 5.83. The summed E-state index contributed by atoms with van der Waals surface area (Å²) in [5.41, 5.74) is 2.24. The SMILES string of the molecule is Cc1[nH]cc(S(=O)(=O)Nc2ccc(C#N)cc2F)c1Cc1ccccc1. The second kappa shape index (κ2) is 7.02. The maximum Gasteiger partial charge on any atom is 0.263 e. The van der Waals surface area contributed by atoms with Gasteiger partial charge in [-0.2, -0.15) is 5.26 Å². The summed E-state index contributed by atoms with van der Waals surface area (Å²) in [6.07, 6.45) is 1.83. The van der Waals surface area contributed by atoms with E-state index >= 15 is 0 Å². The van der Waals surface area contributed by atoms with Crippen LogP contribution in [-0.2, 0) is 16.4 Å². The van der Waals surface area contributed by atoms with E-state index in [0.717, 1.165) is 17.3 Å². The standard InChI is InChI=1S/C19H16FN3O2S/c1-13-16(9-14-5-3-2-4-6-14)19(12-22-13)26(24,25)23-18-8-7-15(11-21)10-17(18)20/h2-8,10,12,22-23H,9H2,1H3. The van der Waals surface area contributed by atoms with Gasteiger partial charge in [0, 0.05) is 18.3 Å². The molecule has 0 atom stereocenters. The normalized spacial score (nSPS) is 11.1. The van der Waals surface area contributed by atoms with Crippen LogP contribution in [0.1, 0.15) is 22.4 Å². The summed E-state index contributed by atoms with van der Waals surface area (Å²) in [5.74, 6) is -0.801. The Morgan fingerprint density at radius 2 is 1.92 bits per heavy atom. The highest BCUT2D eigenvalue weighted by Crippen LogP contribution is 2.26. The van der Waals surface area contributed by atoms with Gasteiger partial charge >= 0.3 is 0 Å². The van der Waals surface area contributed by atoms with Crippen molar-refractivity contribution in [3.05, 3.63) is 82.9 Å². The number of hydrogen-bond donors (Lipinski definition) is 2. The van der Waals surface area contributed by atoms with Crippen molar-refractivity contribution in [2.75, 3.05) is 4.72 Å². The van der Waals surface area contributed by atoms with Crippen LogP contribution in [0.2, 0.25) is 0 Å². The van der Waals surface area contributed by atoms with Crippen molar-refractivity contribution in [1.82, 2.24) is 4.98 Å². The molecule has 0 radical (unpaired) electrons. The van der Waals surface area contributed by atoms with Crippen LogP contribution in [0.4, 0.5) is 10.1 Å². The van der Waals surface area contributed by atoms with Crippen molar-refractivity contribution < 1.29 is 12.8 Å². The molecule has 3 aromatic rings. The van der Waals surface area contributed by atoms with Gasteiger partial charge in [-0.25, -0.2) is 12.8 Å². The largest absolute Gasteiger partial charge is 0.364 e. The number of rotatable bonds is 5. The molecule has 7 heteroatoms. The van der Waals surface area contributed by atoms with Gasteiger partial charge in [0.15, 0.2) is 0 Å². The van der Waals surface area contributed by atoms with E-state index in [1.54, 1.807) is 6.92 Å². The fourth-order valence-corrected chi connectivity index (χ4v) is 3.99. The van der Waals surface area contributed by atoms with Crippen LogP contribution >= 0.6 is 0 Å².